The zero-order valence-corrected chi connectivity index (χ0v) is 8.07. The molecule has 1 aromatic heterocycles. The summed E-state index contributed by atoms with van der Waals surface area (Å²) in [6, 6.07) is -0.614. The van der Waals surface area contributed by atoms with Crippen molar-refractivity contribution in [3.05, 3.63) is 17.0 Å². The molecule has 2 N–H and O–H groups in total. The van der Waals surface area contributed by atoms with E-state index in [1.807, 2.05) is 13.8 Å². The predicted molar refractivity (Wildman–Crippen MR) is 47.9 cm³/mol. The van der Waals surface area contributed by atoms with E-state index in [2.05, 4.69) is 10.5 Å². The summed E-state index contributed by atoms with van der Waals surface area (Å²) in [5.41, 5.74) is 1.73. The van der Waals surface area contributed by atoms with Crippen molar-refractivity contribution in [1.82, 2.24) is 10.5 Å². The summed E-state index contributed by atoms with van der Waals surface area (Å²) in [5, 5.41) is 15.7. The van der Waals surface area contributed by atoms with Crippen molar-refractivity contribution in [3.8, 4) is 0 Å². The average Bonchev–Trinajstić information content (AvgIpc) is 2.47. The largest absolute Gasteiger partial charge is 0.480 e. The van der Waals surface area contributed by atoms with Gasteiger partial charge in [0, 0.05) is 11.6 Å². The maximum Gasteiger partial charge on any atom is 0.328 e. The van der Waals surface area contributed by atoms with E-state index < -0.39 is 12.0 Å². The molecule has 0 bridgehead atoms. The van der Waals surface area contributed by atoms with Crippen LogP contribution >= 0.6 is 0 Å². The topological polar surface area (TPSA) is 75.4 Å². The Morgan fingerprint density at radius 1 is 1.71 bits per heavy atom. The maximum absolute atomic E-state index is 10.9. The first-order chi connectivity index (χ1) is 6.59. The lowest BCUT2D eigenvalue weighted by molar-refractivity contribution is -0.140. The zero-order chi connectivity index (χ0) is 10.3. The van der Waals surface area contributed by atoms with Gasteiger partial charge in [0.05, 0.1) is 5.69 Å². The van der Waals surface area contributed by atoms with E-state index in [0.717, 1.165) is 17.7 Å². The van der Waals surface area contributed by atoms with E-state index in [-0.39, 0.29) is 6.04 Å². The Labute approximate surface area is 81.1 Å². The Balaban J connectivity index is 2.44. The lowest BCUT2D eigenvalue weighted by Crippen LogP contribution is -2.40. The molecule has 14 heavy (non-hydrogen) atoms. The molecule has 0 aromatic carbocycles. The highest BCUT2D eigenvalue weighted by atomic mass is 16.5. The van der Waals surface area contributed by atoms with Gasteiger partial charge in [0.2, 0.25) is 0 Å². The Morgan fingerprint density at radius 3 is 3.07 bits per heavy atom. The van der Waals surface area contributed by atoms with Crippen molar-refractivity contribution < 1.29 is 14.4 Å². The van der Waals surface area contributed by atoms with Crippen LogP contribution in [0.3, 0.4) is 0 Å². The minimum atomic E-state index is -0.922. The molecule has 0 radical (unpaired) electrons. The highest BCUT2D eigenvalue weighted by Crippen LogP contribution is 2.27. The first-order valence-corrected chi connectivity index (χ1v) is 4.53. The van der Waals surface area contributed by atoms with Crippen molar-refractivity contribution in [3.63, 3.8) is 0 Å². The summed E-state index contributed by atoms with van der Waals surface area (Å²) in [6.45, 7) is 3.78. The molecule has 76 valence electrons. The molecule has 1 aromatic rings. The fourth-order valence-electron chi connectivity index (χ4n) is 1.79. The van der Waals surface area contributed by atoms with Gasteiger partial charge in [-0.05, 0) is 20.3 Å². The van der Waals surface area contributed by atoms with Crippen LogP contribution in [0.1, 0.15) is 30.0 Å². The van der Waals surface area contributed by atoms with E-state index in [1.54, 1.807) is 0 Å². The summed E-state index contributed by atoms with van der Waals surface area (Å²) >= 11 is 0. The smallest absolute Gasteiger partial charge is 0.328 e. The molecule has 2 atom stereocenters. The number of fused-ring (bicyclic) bond motifs is 1. The van der Waals surface area contributed by atoms with Crippen LogP contribution in [0.25, 0.3) is 0 Å². The second kappa shape index (κ2) is 3.09. The van der Waals surface area contributed by atoms with Gasteiger partial charge in [-0.25, -0.2) is 0 Å². The molecular formula is C9H12N2O3. The second-order valence-electron chi connectivity index (χ2n) is 3.65. The molecule has 2 rings (SSSR count). The van der Waals surface area contributed by atoms with Crippen molar-refractivity contribution in [1.29, 1.82) is 0 Å². The summed E-state index contributed by atoms with van der Waals surface area (Å²) in [5.74, 6) is -0.470. The monoisotopic (exact) mass is 196 g/mol. The van der Waals surface area contributed by atoms with E-state index in [9.17, 15) is 4.79 Å². The van der Waals surface area contributed by atoms with Gasteiger partial charge in [0.25, 0.3) is 0 Å². The Kier molecular flexibility index (Phi) is 2.03. The molecule has 0 saturated heterocycles. The van der Waals surface area contributed by atoms with Crippen LogP contribution in [0.2, 0.25) is 0 Å². The van der Waals surface area contributed by atoms with Crippen molar-refractivity contribution in [2.24, 2.45) is 0 Å². The molecule has 1 aliphatic rings. The number of aromatic nitrogens is 1. The third-order valence-electron chi connectivity index (χ3n) is 2.49. The molecule has 2 heterocycles. The third kappa shape index (κ3) is 1.29. The van der Waals surface area contributed by atoms with Gasteiger partial charge in [-0.15, -0.1) is 0 Å². The van der Waals surface area contributed by atoms with Gasteiger partial charge < -0.3 is 9.63 Å². The summed E-state index contributed by atoms with van der Waals surface area (Å²) < 4.78 is 5.02. The van der Waals surface area contributed by atoms with Crippen LogP contribution < -0.4 is 5.32 Å². The number of nitrogens with zero attached hydrogens (tertiary/aromatic N) is 1. The van der Waals surface area contributed by atoms with E-state index in [1.165, 1.54) is 0 Å². The van der Waals surface area contributed by atoms with E-state index in [4.69, 9.17) is 9.63 Å². The number of nitrogens with one attached hydrogen (secondary N) is 1. The van der Waals surface area contributed by atoms with Crippen LogP contribution in [0.5, 0.6) is 0 Å². The number of hydrogen-bond acceptors (Lipinski definition) is 4. The Morgan fingerprint density at radius 2 is 2.43 bits per heavy atom. The summed E-state index contributed by atoms with van der Waals surface area (Å²) in [6.07, 6.45) is 0.772. The van der Waals surface area contributed by atoms with Crippen LogP contribution in [0.15, 0.2) is 4.52 Å². The molecule has 0 saturated carbocycles. The summed E-state index contributed by atoms with van der Waals surface area (Å²) in [7, 11) is 0. The van der Waals surface area contributed by atoms with Crippen LogP contribution in [0.4, 0.5) is 0 Å². The highest BCUT2D eigenvalue weighted by Gasteiger charge is 2.34. The fraction of sp³-hybridized carbons (Fsp3) is 0.556. The van der Waals surface area contributed by atoms with Gasteiger partial charge in [-0.2, -0.15) is 0 Å². The zero-order valence-electron chi connectivity index (χ0n) is 8.07. The summed E-state index contributed by atoms with van der Waals surface area (Å²) in [4.78, 5) is 10.9. The Hall–Kier alpha value is -1.36. The normalized spacial score (nSPS) is 25.9. The van der Waals surface area contributed by atoms with Crippen LogP contribution in [-0.2, 0) is 11.2 Å². The lowest BCUT2D eigenvalue weighted by atomic mass is 9.96. The molecular weight excluding hydrogens is 184 g/mol. The number of rotatable bonds is 1. The fourth-order valence-corrected chi connectivity index (χ4v) is 1.79. The number of aryl methyl sites for hydroxylation is 1. The van der Waals surface area contributed by atoms with Crippen molar-refractivity contribution in [2.45, 2.75) is 32.4 Å². The number of aliphatic carboxylic acids is 1. The lowest BCUT2D eigenvalue weighted by Gasteiger charge is -2.24. The standard InChI is InChI=1S/C9H12N2O3/c1-4-3-6-5(2)11-14-8(6)7(10-4)9(12)13/h4,7,10H,3H2,1-2H3,(H,12,13). The third-order valence-corrected chi connectivity index (χ3v) is 2.49. The first-order valence-electron chi connectivity index (χ1n) is 4.53. The molecule has 0 fully saturated rings. The number of carboxylic acid groups (broad SMARTS) is 1. The van der Waals surface area contributed by atoms with Gasteiger partial charge in [-0.1, -0.05) is 5.16 Å². The maximum atomic E-state index is 10.9. The van der Waals surface area contributed by atoms with E-state index in [0.29, 0.717) is 5.76 Å². The molecule has 2 unspecified atom stereocenters. The first kappa shape index (κ1) is 9.21. The van der Waals surface area contributed by atoms with Gasteiger partial charge in [0.1, 0.15) is 0 Å². The van der Waals surface area contributed by atoms with Crippen molar-refractivity contribution >= 4 is 5.97 Å². The quantitative estimate of drug-likeness (QED) is 0.689. The van der Waals surface area contributed by atoms with Crippen molar-refractivity contribution in [2.75, 3.05) is 0 Å². The van der Waals surface area contributed by atoms with Gasteiger partial charge in [-0.3, -0.25) is 10.1 Å². The average molecular weight is 196 g/mol. The van der Waals surface area contributed by atoms with Crippen LogP contribution in [-0.4, -0.2) is 22.3 Å². The SMILES string of the molecule is Cc1noc2c1CC(C)NC2C(=O)O. The minimum absolute atomic E-state index is 0.140. The minimum Gasteiger partial charge on any atom is -0.480 e. The number of carbonyl (C=O) groups is 1. The van der Waals surface area contributed by atoms with E-state index >= 15 is 0 Å². The van der Waals surface area contributed by atoms with Gasteiger partial charge >= 0.3 is 5.97 Å². The molecule has 0 aliphatic carbocycles. The molecule has 5 heteroatoms. The molecule has 0 amide bonds. The van der Waals surface area contributed by atoms with Crippen LogP contribution in [0, 0.1) is 6.92 Å². The highest BCUT2D eigenvalue weighted by molar-refractivity contribution is 5.75. The Bertz CT molecular complexity index is 372. The molecule has 5 nitrogen and oxygen atoms in total. The predicted octanol–water partition coefficient (Wildman–Crippen LogP) is 0.643. The number of carboxylic acids is 1. The second-order valence-corrected chi connectivity index (χ2v) is 3.65. The van der Waals surface area contributed by atoms with Gasteiger partial charge in [0.15, 0.2) is 11.8 Å². The molecule has 0 spiro atoms. The molecule has 1 aliphatic heterocycles. The number of hydrogen-bond donors (Lipinski definition) is 2.